The third-order valence-corrected chi connectivity index (χ3v) is 3.71. The molecule has 0 heterocycles. The van der Waals surface area contributed by atoms with Gasteiger partial charge in [-0.3, -0.25) is 4.57 Å². The van der Waals surface area contributed by atoms with E-state index in [4.69, 9.17) is 0 Å². The average molecular weight is 215 g/mol. The maximum atomic E-state index is 11.6. The number of rotatable bonds is 4. The molecule has 0 aliphatic rings. The van der Waals surface area contributed by atoms with E-state index in [-0.39, 0.29) is 0 Å². The van der Waals surface area contributed by atoms with Crippen molar-refractivity contribution in [3.8, 4) is 0 Å². The highest BCUT2D eigenvalue weighted by Crippen LogP contribution is 2.53. The summed E-state index contributed by atoms with van der Waals surface area (Å²) >= 11 is 0. The lowest BCUT2D eigenvalue weighted by molar-refractivity contribution is 0.299. The third-order valence-electron chi connectivity index (χ3n) is 1.98. The lowest BCUT2D eigenvalue weighted by Gasteiger charge is -2.20. The molecule has 0 saturated heterocycles. The maximum Gasteiger partial charge on any atom is 0.349 e. The zero-order valence-electron chi connectivity index (χ0n) is 8.18. The van der Waals surface area contributed by atoms with E-state index >= 15 is 0 Å². The summed E-state index contributed by atoms with van der Waals surface area (Å²) in [5.41, 5.74) is 0.739. The Morgan fingerprint density at radius 1 is 1.43 bits per heavy atom. The smallest absolute Gasteiger partial charge is 0.323 e. The number of nitrogens with one attached hydrogen (secondary N) is 1. The van der Waals surface area contributed by atoms with E-state index in [2.05, 4.69) is 9.84 Å². The summed E-state index contributed by atoms with van der Waals surface area (Å²) in [6.07, 6.45) is 0. The zero-order chi connectivity index (χ0) is 10.6. The quantitative estimate of drug-likeness (QED) is 0.751. The first kappa shape index (κ1) is 11.4. The van der Waals surface area contributed by atoms with Crippen molar-refractivity contribution in [2.24, 2.45) is 0 Å². The van der Waals surface area contributed by atoms with Gasteiger partial charge in [-0.1, -0.05) is 30.3 Å². The van der Waals surface area contributed by atoms with E-state index in [0.717, 1.165) is 5.56 Å². The monoisotopic (exact) mass is 215 g/mol. The van der Waals surface area contributed by atoms with E-state index in [1.165, 1.54) is 7.11 Å². The molecule has 4 nitrogen and oxygen atoms in total. The summed E-state index contributed by atoms with van der Waals surface area (Å²) in [7, 11) is -0.762. The van der Waals surface area contributed by atoms with Crippen LogP contribution in [0.3, 0.4) is 0 Å². The van der Waals surface area contributed by atoms with Gasteiger partial charge in [0.15, 0.2) is 0 Å². The van der Waals surface area contributed by atoms with Crippen LogP contribution >= 0.6 is 7.60 Å². The maximum absolute atomic E-state index is 11.6. The van der Waals surface area contributed by atoms with Gasteiger partial charge in [0.2, 0.25) is 0 Å². The topological polar surface area (TPSA) is 58.6 Å². The minimum Gasteiger partial charge on any atom is -0.323 e. The summed E-state index contributed by atoms with van der Waals surface area (Å²) in [6.45, 7) is 0. The lowest BCUT2D eigenvalue weighted by Crippen LogP contribution is -2.17. The van der Waals surface area contributed by atoms with Crippen molar-refractivity contribution in [3.63, 3.8) is 0 Å². The van der Waals surface area contributed by atoms with Crippen molar-refractivity contribution in [3.05, 3.63) is 35.9 Å². The van der Waals surface area contributed by atoms with E-state index < -0.39 is 13.4 Å². The Kier molecular flexibility index (Phi) is 3.84. The molecule has 1 aromatic carbocycles. The van der Waals surface area contributed by atoms with Crippen molar-refractivity contribution in [1.29, 1.82) is 0 Å². The van der Waals surface area contributed by atoms with Gasteiger partial charge in [-0.05, 0) is 12.6 Å². The van der Waals surface area contributed by atoms with Gasteiger partial charge in [0.1, 0.15) is 5.78 Å². The SMILES string of the molecule is CNC(c1ccccc1)P(=O)(O)OC. The van der Waals surface area contributed by atoms with Crippen LogP contribution in [-0.4, -0.2) is 19.1 Å². The highest BCUT2D eigenvalue weighted by atomic mass is 31.2. The van der Waals surface area contributed by atoms with Crippen molar-refractivity contribution in [2.75, 3.05) is 14.2 Å². The zero-order valence-corrected chi connectivity index (χ0v) is 9.07. The molecule has 0 aliphatic heterocycles. The molecule has 2 unspecified atom stereocenters. The van der Waals surface area contributed by atoms with Crippen LogP contribution in [0, 0.1) is 0 Å². The molecule has 2 N–H and O–H groups in total. The standard InChI is InChI=1S/C9H14NO3P/c1-10-9(14(11,12)13-2)8-6-4-3-5-7-8/h3-7,9-10H,1-2H3,(H,11,12). The second-order valence-corrected chi connectivity index (χ2v) is 4.86. The Bertz CT molecular complexity index is 328. The molecule has 0 aromatic heterocycles. The van der Waals surface area contributed by atoms with Crippen molar-refractivity contribution in [2.45, 2.75) is 5.78 Å². The highest BCUT2D eigenvalue weighted by Gasteiger charge is 2.31. The predicted molar refractivity (Wildman–Crippen MR) is 55.1 cm³/mol. The van der Waals surface area contributed by atoms with Gasteiger partial charge < -0.3 is 14.7 Å². The van der Waals surface area contributed by atoms with Crippen LogP contribution < -0.4 is 5.32 Å². The Morgan fingerprint density at radius 2 is 2.00 bits per heavy atom. The number of benzene rings is 1. The van der Waals surface area contributed by atoms with Crippen LogP contribution in [-0.2, 0) is 9.09 Å². The summed E-state index contributed by atoms with van der Waals surface area (Å²) < 4.78 is 16.2. The van der Waals surface area contributed by atoms with Crippen LogP contribution in [0.25, 0.3) is 0 Å². The number of hydrogen-bond donors (Lipinski definition) is 2. The third kappa shape index (κ3) is 2.42. The minimum absolute atomic E-state index is 0.673. The fourth-order valence-electron chi connectivity index (χ4n) is 1.26. The molecule has 0 aliphatic carbocycles. The van der Waals surface area contributed by atoms with Crippen molar-refractivity contribution >= 4 is 7.60 Å². The van der Waals surface area contributed by atoms with E-state index in [1.807, 2.05) is 18.2 Å². The molecule has 5 heteroatoms. The highest BCUT2D eigenvalue weighted by molar-refractivity contribution is 7.53. The molecule has 0 bridgehead atoms. The van der Waals surface area contributed by atoms with E-state index in [9.17, 15) is 9.46 Å². The van der Waals surface area contributed by atoms with Gasteiger partial charge >= 0.3 is 7.60 Å². The second-order valence-electron chi connectivity index (χ2n) is 2.85. The second kappa shape index (κ2) is 4.71. The number of hydrogen-bond acceptors (Lipinski definition) is 3. The van der Waals surface area contributed by atoms with Gasteiger partial charge in [0.25, 0.3) is 0 Å². The summed E-state index contributed by atoms with van der Waals surface area (Å²) in [4.78, 5) is 9.51. The molecule has 1 aromatic rings. The average Bonchev–Trinajstić information content (AvgIpc) is 2.20. The summed E-state index contributed by atoms with van der Waals surface area (Å²) in [5.74, 6) is -0.673. The minimum atomic E-state index is -3.62. The molecule has 0 spiro atoms. The van der Waals surface area contributed by atoms with Crippen LogP contribution in [0.5, 0.6) is 0 Å². The molecule has 14 heavy (non-hydrogen) atoms. The molecule has 2 atom stereocenters. The predicted octanol–water partition coefficient (Wildman–Crippen LogP) is 1.74. The normalized spacial score (nSPS) is 17.4. The molecule has 0 radical (unpaired) electrons. The van der Waals surface area contributed by atoms with Crippen LogP contribution in [0.2, 0.25) is 0 Å². The molecule has 78 valence electrons. The first-order valence-electron chi connectivity index (χ1n) is 4.22. The van der Waals surface area contributed by atoms with Gasteiger partial charge in [0, 0.05) is 7.11 Å². The van der Waals surface area contributed by atoms with E-state index in [1.54, 1.807) is 19.2 Å². The van der Waals surface area contributed by atoms with Crippen molar-refractivity contribution in [1.82, 2.24) is 5.32 Å². The Labute approximate surface area is 83.4 Å². The Morgan fingerprint density at radius 3 is 2.43 bits per heavy atom. The molecule has 0 fully saturated rings. The van der Waals surface area contributed by atoms with Gasteiger partial charge in [0.05, 0.1) is 0 Å². The molecule has 1 rings (SSSR count). The Hall–Kier alpha value is -0.670. The molecular formula is C9H14NO3P. The molecule has 0 amide bonds. The fourth-order valence-corrected chi connectivity index (χ4v) is 2.34. The molecular weight excluding hydrogens is 201 g/mol. The Balaban J connectivity index is 3.00. The summed E-state index contributed by atoms with van der Waals surface area (Å²) in [6, 6.07) is 9.04. The van der Waals surface area contributed by atoms with Crippen molar-refractivity contribution < 1.29 is 14.0 Å². The van der Waals surface area contributed by atoms with Crippen LogP contribution in [0.1, 0.15) is 11.3 Å². The van der Waals surface area contributed by atoms with Gasteiger partial charge in [-0.15, -0.1) is 0 Å². The first-order chi connectivity index (χ1) is 6.61. The lowest BCUT2D eigenvalue weighted by atomic mass is 10.2. The fraction of sp³-hybridized carbons (Fsp3) is 0.333. The van der Waals surface area contributed by atoms with Gasteiger partial charge in [-0.25, -0.2) is 0 Å². The van der Waals surface area contributed by atoms with Crippen LogP contribution in [0.15, 0.2) is 30.3 Å². The van der Waals surface area contributed by atoms with Gasteiger partial charge in [-0.2, -0.15) is 0 Å². The summed E-state index contributed by atoms with van der Waals surface area (Å²) in [5, 5.41) is 2.77. The first-order valence-corrected chi connectivity index (χ1v) is 5.87. The van der Waals surface area contributed by atoms with Crippen LogP contribution in [0.4, 0.5) is 0 Å². The molecule has 0 saturated carbocycles. The largest absolute Gasteiger partial charge is 0.349 e. The van der Waals surface area contributed by atoms with E-state index in [0.29, 0.717) is 0 Å².